The van der Waals surface area contributed by atoms with Gasteiger partial charge in [-0.3, -0.25) is 0 Å². The van der Waals surface area contributed by atoms with Crippen LogP contribution in [0.1, 0.15) is 31.2 Å². The molecule has 0 saturated heterocycles. The van der Waals surface area contributed by atoms with Gasteiger partial charge in [-0.1, -0.05) is 17.7 Å². The third-order valence-corrected chi connectivity index (χ3v) is 3.71. The van der Waals surface area contributed by atoms with Crippen LogP contribution in [0.15, 0.2) is 34.3 Å². The van der Waals surface area contributed by atoms with E-state index in [0.717, 1.165) is 25.1 Å². The van der Waals surface area contributed by atoms with Gasteiger partial charge in [0.1, 0.15) is 5.82 Å². The fourth-order valence-corrected chi connectivity index (χ4v) is 2.34. The first kappa shape index (κ1) is 12.8. The van der Waals surface area contributed by atoms with E-state index in [0.29, 0.717) is 4.47 Å². The van der Waals surface area contributed by atoms with E-state index in [1.165, 1.54) is 19.3 Å². The Bertz CT molecular complexity index is 415. The minimum atomic E-state index is -0.192. The molecular formula is C14H17BrFN. The predicted octanol–water partition coefficient (Wildman–Crippen LogP) is 4.18. The lowest BCUT2D eigenvalue weighted by Crippen LogP contribution is -2.15. The molecule has 0 atom stereocenters. The minimum absolute atomic E-state index is 0.192. The molecular weight excluding hydrogens is 281 g/mol. The Hall–Kier alpha value is -0.670. The largest absolute Gasteiger partial charge is 0.312 e. The molecule has 0 fully saturated rings. The molecule has 0 aliphatic heterocycles. The van der Waals surface area contributed by atoms with Crippen molar-refractivity contribution >= 4 is 15.9 Å². The Morgan fingerprint density at radius 1 is 1.35 bits per heavy atom. The molecule has 1 aromatic carbocycles. The van der Waals surface area contributed by atoms with Crippen LogP contribution >= 0.6 is 15.9 Å². The first-order chi connectivity index (χ1) is 8.25. The zero-order valence-corrected chi connectivity index (χ0v) is 11.4. The summed E-state index contributed by atoms with van der Waals surface area (Å²) in [6.45, 7) is 1.71. The van der Waals surface area contributed by atoms with Gasteiger partial charge in [-0.05, 0) is 65.9 Å². The van der Waals surface area contributed by atoms with Crippen LogP contribution in [-0.4, -0.2) is 6.54 Å². The van der Waals surface area contributed by atoms with Crippen molar-refractivity contribution in [2.75, 3.05) is 6.54 Å². The van der Waals surface area contributed by atoms with E-state index in [1.54, 1.807) is 17.7 Å². The molecule has 0 unspecified atom stereocenters. The molecule has 0 bridgehead atoms. The van der Waals surface area contributed by atoms with Crippen LogP contribution in [0.5, 0.6) is 0 Å². The average Bonchev–Trinajstić information content (AvgIpc) is 2.82. The summed E-state index contributed by atoms with van der Waals surface area (Å²) in [5.74, 6) is -0.192. The highest BCUT2D eigenvalue weighted by Crippen LogP contribution is 2.20. The Kier molecular flexibility index (Phi) is 4.75. The van der Waals surface area contributed by atoms with Gasteiger partial charge in [-0.15, -0.1) is 0 Å². The second-order valence-corrected chi connectivity index (χ2v) is 5.28. The van der Waals surface area contributed by atoms with Gasteiger partial charge < -0.3 is 5.32 Å². The van der Waals surface area contributed by atoms with Gasteiger partial charge in [0.05, 0.1) is 4.47 Å². The SMILES string of the molecule is Fc1cc(CNCCC2=CCCC2)ccc1Br. The smallest absolute Gasteiger partial charge is 0.137 e. The van der Waals surface area contributed by atoms with E-state index in [-0.39, 0.29) is 5.82 Å². The zero-order chi connectivity index (χ0) is 12.1. The Morgan fingerprint density at radius 2 is 2.24 bits per heavy atom. The second kappa shape index (κ2) is 6.31. The Labute approximate surface area is 110 Å². The summed E-state index contributed by atoms with van der Waals surface area (Å²) in [5, 5.41) is 3.35. The van der Waals surface area contributed by atoms with Gasteiger partial charge in [0.15, 0.2) is 0 Å². The third kappa shape index (κ3) is 3.93. The van der Waals surface area contributed by atoms with Crippen LogP contribution in [0.4, 0.5) is 4.39 Å². The van der Waals surface area contributed by atoms with Crippen molar-refractivity contribution in [1.29, 1.82) is 0 Å². The maximum absolute atomic E-state index is 13.3. The maximum atomic E-state index is 13.3. The lowest BCUT2D eigenvalue weighted by Gasteiger charge is -2.06. The summed E-state index contributed by atoms with van der Waals surface area (Å²) in [6, 6.07) is 5.27. The van der Waals surface area contributed by atoms with Crippen LogP contribution in [0, 0.1) is 5.82 Å². The molecule has 1 nitrogen and oxygen atoms in total. The summed E-state index contributed by atoms with van der Waals surface area (Å²) >= 11 is 3.15. The molecule has 0 radical (unpaired) electrons. The van der Waals surface area contributed by atoms with Crippen molar-refractivity contribution in [3.05, 3.63) is 45.7 Å². The number of halogens is 2. The summed E-state index contributed by atoms with van der Waals surface area (Å²) < 4.78 is 13.8. The molecule has 0 saturated carbocycles. The lowest BCUT2D eigenvalue weighted by atomic mass is 10.1. The summed E-state index contributed by atoms with van der Waals surface area (Å²) in [4.78, 5) is 0. The van der Waals surface area contributed by atoms with E-state index >= 15 is 0 Å². The van der Waals surface area contributed by atoms with Crippen molar-refractivity contribution in [2.45, 2.75) is 32.2 Å². The molecule has 0 aromatic heterocycles. The highest BCUT2D eigenvalue weighted by Gasteiger charge is 2.04. The maximum Gasteiger partial charge on any atom is 0.137 e. The molecule has 0 spiro atoms. The van der Waals surface area contributed by atoms with Crippen molar-refractivity contribution in [2.24, 2.45) is 0 Å². The van der Waals surface area contributed by atoms with Gasteiger partial charge >= 0.3 is 0 Å². The normalized spacial score (nSPS) is 15.1. The zero-order valence-electron chi connectivity index (χ0n) is 9.81. The molecule has 1 N–H and O–H groups in total. The van der Waals surface area contributed by atoms with Crippen molar-refractivity contribution in [3.63, 3.8) is 0 Å². The first-order valence-corrected chi connectivity index (χ1v) is 6.87. The highest BCUT2D eigenvalue weighted by molar-refractivity contribution is 9.10. The monoisotopic (exact) mass is 297 g/mol. The fourth-order valence-electron chi connectivity index (χ4n) is 2.10. The van der Waals surface area contributed by atoms with Gasteiger partial charge in [0.25, 0.3) is 0 Å². The number of allylic oxidation sites excluding steroid dienone is 1. The van der Waals surface area contributed by atoms with Gasteiger partial charge in [-0.2, -0.15) is 0 Å². The molecule has 1 aliphatic carbocycles. The van der Waals surface area contributed by atoms with Crippen LogP contribution in [0.2, 0.25) is 0 Å². The van der Waals surface area contributed by atoms with Crippen molar-refractivity contribution < 1.29 is 4.39 Å². The quantitative estimate of drug-likeness (QED) is 0.635. The number of hydrogen-bond donors (Lipinski definition) is 1. The molecule has 1 aromatic rings. The molecule has 2 rings (SSSR count). The molecule has 1 aliphatic rings. The minimum Gasteiger partial charge on any atom is -0.312 e. The van der Waals surface area contributed by atoms with Gasteiger partial charge in [0, 0.05) is 6.54 Å². The third-order valence-electron chi connectivity index (χ3n) is 3.07. The van der Waals surface area contributed by atoms with Crippen LogP contribution in [-0.2, 0) is 6.54 Å². The number of rotatable bonds is 5. The number of nitrogens with one attached hydrogen (secondary N) is 1. The number of hydrogen-bond acceptors (Lipinski definition) is 1. The van der Waals surface area contributed by atoms with Crippen molar-refractivity contribution in [3.8, 4) is 0 Å². The fraction of sp³-hybridized carbons (Fsp3) is 0.429. The molecule has 3 heteroatoms. The molecule has 0 amide bonds. The average molecular weight is 298 g/mol. The van der Waals surface area contributed by atoms with Gasteiger partial charge in [0.2, 0.25) is 0 Å². The first-order valence-electron chi connectivity index (χ1n) is 6.08. The van der Waals surface area contributed by atoms with Crippen LogP contribution in [0.3, 0.4) is 0 Å². The van der Waals surface area contributed by atoms with E-state index in [9.17, 15) is 4.39 Å². The topological polar surface area (TPSA) is 12.0 Å². The van der Waals surface area contributed by atoms with E-state index in [1.807, 2.05) is 6.07 Å². The van der Waals surface area contributed by atoms with Crippen LogP contribution in [0.25, 0.3) is 0 Å². The summed E-state index contributed by atoms with van der Waals surface area (Å²) in [5.41, 5.74) is 2.56. The van der Waals surface area contributed by atoms with E-state index in [2.05, 4.69) is 27.3 Å². The predicted molar refractivity (Wildman–Crippen MR) is 72.4 cm³/mol. The molecule has 92 valence electrons. The summed E-state index contributed by atoms with van der Waals surface area (Å²) in [6.07, 6.45) is 7.29. The highest BCUT2D eigenvalue weighted by atomic mass is 79.9. The second-order valence-electron chi connectivity index (χ2n) is 4.43. The van der Waals surface area contributed by atoms with Crippen LogP contribution < -0.4 is 5.32 Å². The van der Waals surface area contributed by atoms with E-state index < -0.39 is 0 Å². The molecule has 0 heterocycles. The number of benzene rings is 1. The van der Waals surface area contributed by atoms with E-state index in [4.69, 9.17) is 0 Å². The lowest BCUT2D eigenvalue weighted by molar-refractivity contribution is 0.613. The standard InChI is InChI=1S/C14H17BrFN/c15-13-6-5-12(9-14(13)16)10-17-8-7-11-3-1-2-4-11/h3,5-6,9,17H,1-2,4,7-8,10H2. The Balaban J connectivity index is 1.72. The Morgan fingerprint density at radius 3 is 2.94 bits per heavy atom. The molecule has 17 heavy (non-hydrogen) atoms. The summed E-state index contributed by atoms with van der Waals surface area (Å²) in [7, 11) is 0. The van der Waals surface area contributed by atoms with Crippen molar-refractivity contribution in [1.82, 2.24) is 5.32 Å². The van der Waals surface area contributed by atoms with Gasteiger partial charge in [-0.25, -0.2) is 4.39 Å².